The molecule has 0 radical (unpaired) electrons. The third-order valence-electron chi connectivity index (χ3n) is 2.28. The fraction of sp³-hybridized carbons (Fsp3) is 1.00. The molecule has 1 nitrogen and oxygen atoms in total. The van der Waals surface area contributed by atoms with Gasteiger partial charge in [0.05, 0.1) is 33.0 Å². The van der Waals surface area contributed by atoms with Gasteiger partial charge in [0.1, 0.15) is 6.61 Å². The lowest BCUT2D eigenvalue weighted by atomic mass is 9.95. The van der Waals surface area contributed by atoms with Gasteiger partial charge >= 0.3 is 6.18 Å². The Hall–Kier alpha value is 1.20. The number of rotatable bonds is 2. The minimum atomic E-state index is -4.46. The molecular formula is C8H8Cl5F3O. The molecule has 0 aromatic carbocycles. The highest BCUT2D eigenvalue weighted by Crippen LogP contribution is 2.39. The SMILES string of the molecule is FC(F)(F)COC1C(Cl)C(Cl)C(Cl)C(Cl)C1Cl. The van der Waals surface area contributed by atoms with Gasteiger partial charge in [-0.1, -0.05) is 0 Å². The van der Waals surface area contributed by atoms with E-state index in [1.54, 1.807) is 0 Å². The second kappa shape index (κ2) is 6.10. The summed E-state index contributed by atoms with van der Waals surface area (Å²) in [5.74, 6) is 0. The molecular weight excluding hydrogens is 346 g/mol. The Morgan fingerprint density at radius 2 is 1.12 bits per heavy atom. The Balaban J connectivity index is 2.69. The number of alkyl halides is 8. The summed E-state index contributed by atoms with van der Waals surface area (Å²) in [6.07, 6.45) is -5.56. The first kappa shape index (κ1) is 16.3. The van der Waals surface area contributed by atoms with Crippen LogP contribution < -0.4 is 0 Å². The van der Waals surface area contributed by atoms with Gasteiger partial charge in [0, 0.05) is 0 Å². The largest absolute Gasteiger partial charge is 0.411 e. The van der Waals surface area contributed by atoms with E-state index in [4.69, 9.17) is 58.0 Å². The molecule has 4 atom stereocenters. The quantitative estimate of drug-likeness (QED) is 0.682. The molecule has 0 bridgehead atoms. The van der Waals surface area contributed by atoms with Gasteiger partial charge in [0.25, 0.3) is 0 Å². The number of halogens is 8. The molecule has 0 N–H and O–H groups in total. The first-order valence-corrected chi connectivity index (χ1v) is 6.72. The number of hydrogen-bond acceptors (Lipinski definition) is 1. The minimum Gasteiger partial charge on any atom is -0.366 e. The summed E-state index contributed by atoms with van der Waals surface area (Å²) in [4.78, 5) is 0. The van der Waals surface area contributed by atoms with E-state index in [1.807, 2.05) is 0 Å². The maximum Gasteiger partial charge on any atom is 0.411 e. The zero-order valence-corrected chi connectivity index (χ0v) is 11.9. The first-order chi connectivity index (χ1) is 7.65. The van der Waals surface area contributed by atoms with Crippen molar-refractivity contribution in [2.45, 2.75) is 39.2 Å². The molecule has 0 saturated heterocycles. The summed E-state index contributed by atoms with van der Waals surface area (Å²) in [7, 11) is 0. The summed E-state index contributed by atoms with van der Waals surface area (Å²) in [5, 5.41) is -4.21. The highest BCUT2D eigenvalue weighted by Gasteiger charge is 2.49. The van der Waals surface area contributed by atoms with E-state index in [1.165, 1.54) is 0 Å². The minimum absolute atomic E-state index is 0.728. The predicted octanol–water partition coefficient (Wildman–Crippen LogP) is 3.98. The van der Waals surface area contributed by atoms with Gasteiger partial charge in [-0.2, -0.15) is 13.2 Å². The molecule has 1 rings (SSSR count). The second-order valence-corrected chi connectivity index (χ2v) is 6.13. The van der Waals surface area contributed by atoms with Crippen molar-refractivity contribution in [3.05, 3.63) is 0 Å². The van der Waals surface area contributed by atoms with Gasteiger partial charge in [0.15, 0.2) is 0 Å². The highest BCUT2D eigenvalue weighted by molar-refractivity contribution is 6.41. The Morgan fingerprint density at radius 3 is 1.47 bits per heavy atom. The molecule has 0 aliphatic heterocycles. The van der Waals surface area contributed by atoms with Gasteiger partial charge in [0.2, 0.25) is 0 Å². The van der Waals surface area contributed by atoms with E-state index in [9.17, 15) is 13.2 Å². The van der Waals surface area contributed by atoms with Crippen molar-refractivity contribution in [1.29, 1.82) is 0 Å². The summed E-state index contributed by atoms with van der Waals surface area (Å²) < 4.78 is 40.7. The van der Waals surface area contributed by atoms with E-state index in [-0.39, 0.29) is 0 Å². The molecule has 0 amide bonds. The van der Waals surface area contributed by atoms with Crippen LogP contribution >= 0.6 is 58.0 Å². The number of ether oxygens (including phenoxy) is 1. The molecule has 0 spiro atoms. The summed E-state index contributed by atoms with van der Waals surface area (Å²) in [6.45, 7) is -1.45. The molecule has 0 aromatic rings. The van der Waals surface area contributed by atoms with E-state index >= 15 is 0 Å². The third-order valence-corrected chi connectivity index (χ3v) is 5.47. The normalized spacial score (nSPS) is 43.8. The van der Waals surface area contributed by atoms with Crippen molar-refractivity contribution in [3.63, 3.8) is 0 Å². The zero-order chi connectivity index (χ0) is 13.4. The van der Waals surface area contributed by atoms with E-state index in [2.05, 4.69) is 4.74 Å². The predicted molar refractivity (Wildman–Crippen MR) is 64.0 cm³/mol. The Labute approximate surface area is 121 Å². The topological polar surface area (TPSA) is 9.23 Å². The summed E-state index contributed by atoms with van der Waals surface area (Å²) >= 11 is 29.3. The molecule has 1 saturated carbocycles. The Kier molecular flexibility index (Phi) is 5.83. The average Bonchev–Trinajstić information content (AvgIpc) is 2.22. The van der Waals surface area contributed by atoms with Crippen molar-refractivity contribution in [3.8, 4) is 0 Å². The van der Waals surface area contributed by atoms with E-state index in [0.717, 1.165) is 0 Å². The second-order valence-electron chi connectivity index (χ2n) is 3.61. The molecule has 1 aliphatic rings. The van der Waals surface area contributed by atoms with Crippen molar-refractivity contribution in [2.24, 2.45) is 0 Å². The maximum atomic E-state index is 12.0. The monoisotopic (exact) mass is 352 g/mol. The fourth-order valence-electron chi connectivity index (χ4n) is 1.44. The molecule has 4 unspecified atom stereocenters. The van der Waals surface area contributed by atoms with Crippen LogP contribution in [0, 0.1) is 0 Å². The van der Waals surface area contributed by atoms with Crippen molar-refractivity contribution in [1.82, 2.24) is 0 Å². The molecule has 1 aliphatic carbocycles. The molecule has 9 heteroatoms. The van der Waals surface area contributed by atoms with Gasteiger partial charge in [-0.25, -0.2) is 0 Å². The lowest BCUT2D eigenvalue weighted by Crippen LogP contribution is -2.55. The van der Waals surface area contributed by atoms with Crippen molar-refractivity contribution >= 4 is 58.0 Å². The number of hydrogen-bond donors (Lipinski definition) is 0. The maximum absolute atomic E-state index is 12.0. The summed E-state index contributed by atoms with van der Waals surface area (Å²) in [5.41, 5.74) is 0. The highest BCUT2D eigenvalue weighted by atomic mass is 35.5. The third kappa shape index (κ3) is 4.08. The first-order valence-electron chi connectivity index (χ1n) is 4.54. The Morgan fingerprint density at radius 1 is 0.765 bits per heavy atom. The van der Waals surface area contributed by atoms with Gasteiger partial charge in [-0.3, -0.25) is 0 Å². The summed E-state index contributed by atoms with van der Waals surface area (Å²) in [6, 6.07) is 0. The Bertz CT molecular complexity index is 248. The van der Waals surface area contributed by atoms with Crippen molar-refractivity contribution < 1.29 is 17.9 Å². The standard InChI is InChI=1S/C8H8Cl5F3O/c9-2-3(10)5(12)7(6(13)4(2)11)17-1-8(14,15)16/h2-7H,1H2. The molecule has 0 aromatic heterocycles. The van der Waals surface area contributed by atoms with Gasteiger partial charge < -0.3 is 4.74 Å². The van der Waals surface area contributed by atoms with Crippen molar-refractivity contribution in [2.75, 3.05) is 6.61 Å². The van der Waals surface area contributed by atoms with Crippen LogP contribution in [0.5, 0.6) is 0 Å². The van der Waals surface area contributed by atoms with Gasteiger partial charge in [-0.15, -0.1) is 58.0 Å². The van der Waals surface area contributed by atoms with Crippen LogP contribution in [-0.4, -0.2) is 45.8 Å². The van der Waals surface area contributed by atoms with Crippen LogP contribution in [0.15, 0.2) is 0 Å². The fourth-order valence-corrected chi connectivity index (χ4v) is 3.42. The lowest BCUT2D eigenvalue weighted by molar-refractivity contribution is -0.186. The molecule has 1 fully saturated rings. The average molecular weight is 354 g/mol. The van der Waals surface area contributed by atoms with Crippen LogP contribution in [0.25, 0.3) is 0 Å². The van der Waals surface area contributed by atoms with E-state index in [0.29, 0.717) is 0 Å². The van der Waals surface area contributed by atoms with E-state index < -0.39 is 45.8 Å². The zero-order valence-electron chi connectivity index (χ0n) is 8.10. The van der Waals surface area contributed by atoms with Crippen LogP contribution in [0.1, 0.15) is 0 Å². The lowest BCUT2D eigenvalue weighted by Gasteiger charge is -2.40. The van der Waals surface area contributed by atoms with Crippen LogP contribution in [0.4, 0.5) is 13.2 Å². The molecule has 17 heavy (non-hydrogen) atoms. The smallest absolute Gasteiger partial charge is 0.366 e. The van der Waals surface area contributed by atoms with Gasteiger partial charge in [-0.05, 0) is 0 Å². The van der Waals surface area contributed by atoms with Crippen LogP contribution in [0.3, 0.4) is 0 Å². The molecule has 0 heterocycles. The van der Waals surface area contributed by atoms with Crippen LogP contribution in [-0.2, 0) is 4.74 Å². The molecule has 102 valence electrons. The van der Waals surface area contributed by atoms with Crippen LogP contribution in [0.2, 0.25) is 0 Å².